The van der Waals surface area contributed by atoms with Gasteiger partial charge in [0, 0.05) is 38.4 Å². The second-order valence-corrected chi connectivity index (χ2v) is 6.34. The number of amides is 3. The van der Waals surface area contributed by atoms with Gasteiger partial charge in [-0.1, -0.05) is 12.1 Å². The zero-order chi connectivity index (χ0) is 17.7. The lowest BCUT2D eigenvalue weighted by atomic mass is 10.1. The zero-order valence-corrected chi connectivity index (χ0v) is 15.1. The molecule has 1 aromatic carbocycles. The smallest absolute Gasteiger partial charge is 0.317 e. The molecular weight excluding hydrogens is 304 g/mol. The maximum absolute atomic E-state index is 12.5. The van der Waals surface area contributed by atoms with Crippen molar-refractivity contribution in [1.29, 1.82) is 0 Å². The summed E-state index contributed by atoms with van der Waals surface area (Å²) in [5.74, 6) is -0.00448. The first-order valence-electron chi connectivity index (χ1n) is 8.57. The van der Waals surface area contributed by atoms with Crippen LogP contribution in [-0.2, 0) is 4.79 Å². The van der Waals surface area contributed by atoms with Gasteiger partial charge in [0.05, 0.1) is 6.04 Å². The SMILES string of the molecule is CCNC(=O)N1CCN(C(C)C(=O)Nc2cc(C)ccc2C)CC1. The van der Waals surface area contributed by atoms with Gasteiger partial charge < -0.3 is 15.5 Å². The van der Waals surface area contributed by atoms with Crippen LogP contribution in [0.3, 0.4) is 0 Å². The lowest BCUT2D eigenvalue weighted by molar-refractivity contribution is -0.121. The van der Waals surface area contributed by atoms with E-state index in [2.05, 4.69) is 15.5 Å². The fourth-order valence-corrected chi connectivity index (χ4v) is 2.85. The topological polar surface area (TPSA) is 64.7 Å². The van der Waals surface area contributed by atoms with E-state index < -0.39 is 0 Å². The van der Waals surface area contributed by atoms with E-state index in [1.807, 2.05) is 45.9 Å². The number of anilines is 1. The number of nitrogens with one attached hydrogen (secondary N) is 2. The first-order chi connectivity index (χ1) is 11.4. The number of carbonyl (C=O) groups excluding carboxylic acids is 2. The van der Waals surface area contributed by atoms with Crippen molar-refractivity contribution in [3.8, 4) is 0 Å². The van der Waals surface area contributed by atoms with E-state index in [0.717, 1.165) is 16.8 Å². The van der Waals surface area contributed by atoms with Crippen molar-refractivity contribution in [2.24, 2.45) is 0 Å². The molecule has 0 aromatic heterocycles. The molecule has 0 saturated carbocycles. The average molecular weight is 332 g/mol. The van der Waals surface area contributed by atoms with Gasteiger partial charge in [-0.2, -0.15) is 0 Å². The Morgan fingerprint density at radius 2 is 1.83 bits per heavy atom. The Kier molecular flexibility index (Phi) is 6.20. The molecule has 1 aliphatic rings. The fourth-order valence-electron chi connectivity index (χ4n) is 2.85. The van der Waals surface area contributed by atoms with Crippen LogP contribution in [0, 0.1) is 13.8 Å². The standard InChI is InChI=1S/C18H28N4O2/c1-5-19-18(24)22-10-8-21(9-11-22)15(4)17(23)20-16-12-13(2)6-7-14(16)3/h6-7,12,15H,5,8-11H2,1-4H3,(H,19,24)(H,20,23). The molecule has 1 atom stereocenters. The Bertz CT molecular complexity index is 595. The molecule has 6 nitrogen and oxygen atoms in total. The van der Waals surface area contributed by atoms with E-state index in [9.17, 15) is 9.59 Å². The van der Waals surface area contributed by atoms with Gasteiger partial charge in [-0.05, 0) is 44.9 Å². The third-order valence-corrected chi connectivity index (χ3v) is 4.51. The molecule has 1 heterocycles. The third-order valence-electron chi connectivity index (χ3n) is 4.51. The van der Waals surface area contributed by atoms with Gasteiger partial charge in [0.1, 0.15) is 0 Å². The van der Waals surface area contributed by atoms with Crippen molar-refractivity contribution >= 4 is 17.6 Å². The van der Waals surface area contributed by atoms with Crippen molar-refractivity contribution in [2.45, 2.75) is 33.7 Å². The molecule has 0 bridgehead atoms. The van der Waals surface area contributed by atoms with Crippen molar-refractivity contribution in [2.75, 3.05) is 38.0 Å². The first kappa shape index (κ1) is 18.3. The third kappa shape index (κ3) is 4.47. The Hall–Kier alpha value is -2.08. The van der Waals surface area contributed by atoms with Gasteiger partial charge in [-0.15, -0.1) is 0 Å². The Balaban J connectivity index is 1.90. The minimum absolute atomic E-state index is 0.00448. The number of aryl methyl sites for hydroxylation is 2. The van der Waals surface area contributed by atoms with Crippen molar-refractivity contribution in [3.05, 3.63) is 29.3 Å². The number of piperazine rings is 1. The second kappa shape index (κ2) is 8.15. The van der Waals surface area contributed by atoms with E-state index in [1.165, 1.54) is 0 Å². The summed E-state index contributed by atoms with van der Waals surface area (Å²) in [5, 5.41) is 5.84. The number of urea groups is 1. The van der Waals surface area contributed by atoms with Crippen LogP contribution in [0.5, 0.6) is 0 Å². The van der Waals surface area contributed by atoms with Gasteiger partial charge in [0.25, 0.3) is 0 Å². The molecule has 0 aliphatic carbocycles. The van der Waals surface area contributed by atoms with Gasteiger partial charge in [0.15, 0.2) is 0 Å². The highest BCUT2D eigenvalue weighted by Gasteiger charge is 2.27. The molecule has 1 aliphatic heterocycles. The number of carbonyl (C=O) groups is 2. The predicted octanol–water partition coefficient (Wildman–Crippen LogP) is 1.98. The van der Waals surface area contributed by atoms with Crippen LogP contribution in [0.2, 0.25) is 0 Å². The summed E-state index contributed by atoms with van der Waals surface area (Å²) in [6.45, 7) is 11.2. The van der Waals surface area contributed by atoms with Crippen LogP contribution in [0.15, 0.2) is 18.2 Å². The number of benzene rings is 1. The molecule has 0 radical (unpaired) electrons. The molecule has 3 amide bonds. The Labute approximate surface area is 144 Å². The predicted molar refractivity (Wildman–Crippen MR) is 96.2 cm³/mol. The summed E-state index contributed by atoms with van der Waals surface area (Å²) in [5.41, 5.74) is 3.05. The molecule has 0 spiro atoms. The number of hydrogen-bond acceptors (Lipinski definition) is 3. The normalized spacial score (nSPS) is 16.6. The summed E-state index contributed by atoms with van der Waals surface area (Å²) >= 11 is 0. The first-order valence-corrected chi connectivity index (χ1v) is 8.57. The molecule has 1 unspecified atom stereocenters. The molecule has 6 heteroatoms. The van der Waals surface area contributed by atoms with E-state index >= 15 is 0 Å². The Morgan fingerprint density at radius 1 is 1.17 bits per heavy atom. The van der Waals surface area contributed by atoms with Gasteiger partial charge in [-0.3, -0.25) is 9.69 Å². The van der Waals surface area contributed by atoms with Crippen molar-refractivity contribution < 1.29 is 9.59 Å². The van der Waals surface area contributed by atoms with E-state index in [-0.39, 0.29) is 18.0 Å². The van der Waals surface area contributed by atoms with Crippen LogP contribution in [-0.4, -0.2) is 60.5 Å². The minimum atomic E-state index is -0.221. The van der Waals surface area contributed by atoms with Gasteiger partial charge in [0.2, 0.25) is 5.91 Å². The van der Waals surface area contributed by atoms with Crippen LogP contribution in [0.1, 0.15) is 25.0 Å². The molecule has 1 fully saturated rings. The Morgan fingerprint density at radius 3 is 2.46 bits per heavy atom. The van der Waals surface area contributed by atoms with Crippen molar-refractivity contribution in [1.82, 2.24) is 15.1 Å². The lowest BCUT2D eigenvalue weighted by Gasteiger charge is -2.37. The van der Waals surface area contributed by atoms with E-state index in [1.54, 1.807) is 4.90 Å². The molecule has 1 saturated heterocycles. The molecule has 1 aromatic rings. The number of nitrogens with zero attached hydrogens (tertiary/aromatic N) is 2. The molecule has 132 valence electrons. The summed E-state index contributed by atoms with van der Waals surface area (Å²) < 4.78 is 0. The largest absolute Gasteiger partial charge is 0.338 e. The van der Waals surface area contributed by atoms with Crippen LogP contribution >= 0.6 is 0 Å². The highest BCUT2D eigenvalue weighted by atomic mass is 16.2. The van der Waals surface area contributed by atoms with Crippen molar-refractivity contribution in [3.63, 3.8) is 0 Å². The van der Waals surface area contributed by atoms with E-state index in [0.29, 0.717) is 32.7 Å². The minimum Gasteiger partial charge on any atom is -0.338 e. The molecule has 24 heavy (non-hydrogen) atoms. The van der Waals surface area contributed by atoms with Gasteiger partial charge in [-0.25, -0.2) is 4.79 Å². The summed E-state index contributed by atoms with van der Waals surface area (Å²) in [4.78, 5) is 28.3. The van der Waals surface area contributed by atoms with Crippen LogP contribution in [0.4, 0.5) is 10.5 Å². The number of hydrogen-bond donors (Lipinski definition) is 2. The summed E-state index contributed by atoms with van der Waals surface area (Å²) in [7, 11) is 0. The van der Waals surface area contributed by atoms with E-state index in [4.69, 9.17) is 0 Å². The molecule has 2 rings (SSSR count). The molecule has 2 N–H and O–H groups in total. The summed E-state index contributed by atoms with van der Waals surface area (Å²) in [6.07, 6.45) is 0. The fraction of sp³-hybridized carbons (Fsp3) is 0.556. The summed E-state index contributed by atoms with van der Waals surface area (Å²) in [6, 6.07) is 5.80. The molecular formula is C18H28N4O2. The highest BCUT2D eigenvalue weighted by molar-refractivity contribution is 5.95. The maximum Gasteiger partial charge on any atom is 0.317 e. The van der Waals surface area contributed by atoms with Crippen LogP contribution < -0.4 is 10.6 Å². The monoisotopic (exact) mass is 332 g/mol. The quantitative estimate of drug-likeness (QED) is 0.886. The zero-order valence-electron chi connectivity index (χ0n) is 15.1. The second-order valence-electron chi connectivity index (χ2n) is 6.34. The lowest BCUT2D eigenvalue weighted by Crippen LogP contribution is -2.55. The number of rotatable bonds is 4. The maximum atomic E-state index is 12.5. The van der Waals surface area contributed by atoms with Gasteiger partial charge >= 0.3 is 6.03 Å². The highest BCUT2D eigenvalue weighted by Crippen LogP contribution is 2.17. The average Bonchev–Trinajstić information content (AvgIpc) is 2.57. The van der Waals surface area contributed by atoms with Crippen LogP contribution in [0.25, 0.3) is 0 Å².